The Balaban J connectivity index is 0.000000898. The van der Waals surface area contributed by atoms with Crippen LogP contribution in [0.5, 0.6) is 0 Å². The Morgan fingerprint density at radius 3 is 2.43 bits per heavy atom. The number of nitrogens with zero attached hydrogens (tertiary/aromatic N) is 1. The summed E-state index contributed by atoms with van der Waals surface area (Å²) in [5.41, 5.74) is 0.772. The second kappa shape index (κ2) is 16.0. The summed E-state index contributed by atoms with van der Waals surface area (Å²) in [6, 6.07) is 3.14. The lowest BCUT2D eigenvalue weighted by Crippen LogP contribution is -2.42. The summed E-state index contributed by atoms with van der Waals surface area (Å²) < 4.78 is 45.7. The number of amides is 1. The van der Waals surface area contributed by atoms with E-state index < -0.39 is 11.7 Å². The average molecular weight is 547 g/mol. The van der Waals surface area contributed by atoms with E-state index in [-0.39, 0.29) is 25.0 Å². The van der Waals surface area contributed by atoms with Crippen molar-refractivity contribution in [3.05, 3.63) is 28.8 Å². The van der Waals surface area contributed by atoms with E-state index >= 15 is 0 Å². The lowest BCUT2D eigenvalue weighted by molar-refractivity contribution is -0.137. The fourth-order valence-corrected chi connectivity index (χ4v) is 6.04. The third-order valence-electron chi connectivity index (χ3n) is 6.76. The highest BCUT2D eigenvalue weighted by Crippen LogP contribution is 2.38. The van der Waals surface area contributed by atoms with Crippen molar-refractivity contribution in [1.82, 2.24) is 10.2 Å². The summed E-state index contributed by atoms with van der Waals surface area (Å²) in [5.74, 6) is 0.344. The van der Waals surface area contributed by atoms with Crippen molar-refractivity contribution in [1.29, 1.82) is 0 Å². The van der Waals surface area contributed by atoms with Gasteiger partial charge in [0.1, 0.15) is 0 Å². The molecular weight excluding hydrogens is 501 g/mol. The number of carbonyl (C=O) groups is 1. The summed E-state index contributed by atoms with van der Waals surface area (Å²) in [4.78, 5) is 15.5. The van der Waals surface area contributed by atoms with Crippen LogP contribution in [-0.2, 0) is 28.7 Å². The molecule has 2 atom stereocenters. The molecule has 3 aliphatic rings. The molecule has 1 aliphatic carbocycles. The van der Waals surface area contributed by atoms with Crippen LogP contribution < -0.4 is 5.32 Å². The van der Waals surface area contributed by atoms with Gasteiger partial charge in [-0.15, -0.1) is 11.8 Å². The molecule has 2 heterocycles. The maximum atomic E-state index is 13.4. The van der Waals surface area contributed by atoms with Gasteiger partial charge in [-0.25, -0.2) is 0 Å². The minimum atomic E-state index is -4.44. The fourth-order valence-electron chi connectivity index (χ4n) is 5.11. The summed E-state index contributed by atoms with van der Waals surface area (Å²) >= 11 is 1.25. The third-order valence-corrected chi connectivity index (χ3v) is 7.82. The van der Waals surface area contributed by atoms with Gasteiger partial charge in [-0.05, 0) is 61.8 Å². The van der Waals surface area contributed by atoms with Crippen LogP contribution in [0.15, 0.2) is 17.0 Å². The smallest absolute Gasteiger partial charge is 0.396 e. The highest BCUT2D eigenvalue weighted by Gasteiger charge is 2.37. The van der Waals surface area contributed by atoms with Crippen LogP contribution in [0.3, 0.4) is 0 Å². The third kappa shape index (κ3) is 9.44. The van der Waals surface area contributed by atoms with E-state index in [0.717, 1.165) is 50.9 Å². The molecular formula is C28H45F3N2O3S. The molecule has 2 aliphatic heterocycles. The Labute approximate surface area is 224 Å². The first-order chi connectivity index (χ1) is 17.8. The van der Waals surface area contributed by atoms with Crippen LogP contribution in [0.1, 0.15) is 82.9 Å². The largest absolute Gasteiger partial charge is 0.416 e. The topological polar surface area (TPSA) is 61.8 Å². The molecule has 1 saturated carbocycles. The number of fused-ring (bicyclic) bond motifs is 1. The predicted molar refractivity (Wildman–Crippen MR) is 144 cm³/mol. The number of halogens is 3. The van der Waals surface area contributed by atoms with E-state index in [1.807, 2.05) is 13.8 Å². The number of aliphatic hydroxyl groups is 1. The molecule has 0 spiro atoms. The van der Waals surface area contributed by atoms with Gasteiger partial charge < -0.3 is 20.1 Å². The number of hydrogen-bond donors (Lipinski definition) is 2. The van der Waals surface area contributed by atoms with Crippen LogP contribution >= 0.6 is 11.8 Å². The summed E-state index contributed by atoms with van der Waals surface area (Å²) in [5, 5.41) is 12.8. The number of hydrogen-bond acceptors (Lipinski definition) is 5. The summed E-state index contributed by atoms with van der Waals surface area (Å²) in [7, 11) is 0. The van der Waals surface area contributed by atoms with E-state index in [4.69, 9.17) is 9.84 Å². The van der Waals surface area contributed by atoms with Crippen LogP contribution in [0, 0.1) is 5.92 Å². The molecule has 1 aromatic carbocycles. The minimum Gasteiger partial charge on any atom is -0.396 e. The Morgan fingerprint density at radius 2 is 1.81 bits per heavy atom. The van der Waals surface area contributed by atoms with Gasteiger partial charge in [0.15, 0.2) is 0 Å². The highest BCUT2D eigenvalue weighted by molar-refractivity contribution is 7.99. The number of benzene rings is 1. The summed E-state index contributed by atoms with van der Waals surface area (Å²) in [6.45, 7) is 10.5. The van der Waals surface area contributed by atoms with Gasteiger partial charge in [0.25, 0.3) is 0 Å². The van der Waals surface area contributed by atoms with Crippen molar-refractivity contribution >= 4 is 17.7 Å². The molecule has 2 unspecified atom stereocenters. The second-order valence-electron chi connectivity index (χ2n) is 9.66. The van der Waals surface area contributed by atoms with Crippen LogP contribution in [0.2, 0.25) is 0 Å². The number of nitrogens with one attached hydrogen (secondary N) is 1. The SMILES string of the molecule is CC.CCC.O=C(C1CCC(NC2CCOCC2)C1)N1CCc2c(cc(C(F)(F)F)cc2SCCO)C1. The zero-order chi connectivity index (χ0) is 27.4. The quantitative estimate of drug-likeness (QED) is 0.425. The fraction of sp³-hybridized carbons (Fsp3) is 0.750. The molecule has 0 aromatic heterocycles. The van der Waals surface area contributed by atoms with Crippen molar-refractivity contribution < 1.29 is 27.8 Å². The van der Waals surface area contributed by atoms with Gasteiger partial charge in [-0.3, -0.25) is 4.79 Å². The highest BCUT2D eigenvalue weighted by atomic mass is 32.2. The zero-order valence-electron chi connectivity index (χ0n) is 22.8. The van der Waals surface area contributed by atoms with Crippen LogP contribution in [-0.4, -0.2) is 60.1 Å². The number of thioether (sulfide) groups is 1. The Hall–Kier alpha value is -1.29. The standard InChI is InChI=1S/C23H31F3N2O3S.C3H8.C2H6/c24-23(25,26)17-11-16-14-28(6-3-20(16)21(13-17)32-10-7-29)22(30)15-1-2-19(12-15)27-18-4-8-31-9-5-18;1-3-2;1-2/h11,13,15,18-19,27,29H,1-10,12,14H2;3H2,1-2H3;1-2H3. The number of alkyl halides is 3. The first-order valence-electron chi connectivity index (χ1n) is 13.9. The van der Waals surface area contributed by atoms with Crippen molar-refractivity contribution in [3.63, 3.8) is 0 Å². The van der Waals surface area contributed by atoms with Gasteiger partial charge in [-0.1, -0.05) is 34.1 Å². The molecule has 0 radical (unpaired) electrons. The van der Waals surface area contributed by atoms with E-state index in [1.165, 1.54) is 30.3 Å². The molecule has 2 N–H and O–H groups in total. The van der Waals surface area contributed by atoms with Crippen LogP contribution in [0.4, 0.5) is 13.2 Å². The van der Waals surface area contributed by atoms with Crippen molar-refractivity contribution in [2.75, 3.05) is 32.1 Å². The zero-order valence-corrected chi connectivity index (χ0v) is 23.6. The number of aliphatic hydroxyl groups excluding tert-OH is 1. The number of rotatable bonds is 6. The normalized spacial score (nSPS) is 21.9. The van der Waals surface area contributed by atoms with Gasteiger partial charge in [0.2, 0.25) is 5.91 Å². The van der Waals surface area contributed by atoms with E-state index in [0.29, 0.717) is 41.3 Å². The lowest BCUT2D eigenvalue weighted by atomic mass is 9.95. The van der Waals surface area contributed by atoms with Gasteiger partial charge in [0.05, 0.1) is 12.2 Å². The lowest BCUT2D eigenvalue weighted by Gasteiger charge is -2.33. The molecule has 2 fully saturated rings. The number of carbonyl (C=O) groups excluding carboxylic acids is 1. The van der Waals surface area contributed by atoms with E-state index in [1.54, 1.807) is 4.90 Å². The minimum absolute atomic E-state index is 0.0638. The van der Waals surface area contributed by atoms with Crippen molar-refractivity contribution in [2.24, 2.45) is 5.92 Å². The van der Waals surface area contributed by atoms with Crippen molar-refractivity contribution in [3.8, 4) is 0 Å². The van der Waals surface area contributed by atoms with Gasteiger partial charge in [-0.2, -0.15) is 13.2 Å². The van der Waals surface area contributed by atoms with Crippen molar-refractivity contribution in [2.45, 2.75) is 102 Å². The van der Waals surface area contributed by atoms with Gasteiger partial charge in [0, 0.05) is 55.0 Å². The maximum absolute atomic E-state index is 13.4. The molecule has 4 rings (SSSR count). The second-order valence-corrected chi connectivity index (χ2v) is 10.8. The Bertz CT molecular complexity index is 832. The summed E-state index contributed by atoms with van der Waals surface area (Å²) in [6.07, 6.45) is 1.92. The van der Waals surface area contributed by atoms with E-state index in [9.17, 15) is 18.0 Å². The molecule has 1 aromatic rings. The van der Waals surface area contributed by atoms with Gasteiger partial charge >= 0.3 is 6.18 Å². The average Bonchev–Trinajstić information content (AvgIpc) is 3.36. The molecule has 37 heavy (non-hydrogen) atoms. The molecule has 1 saturated heterocycles. The molecule has 212 valence electrons. The molecule has 1 amide bonds. The molecule has 9 heteroatoms. The van der Waals surface area contributed by atoms with E-state index in [2.05, 4.69) is 19.2 Å². The Kier molecular flexibility index (Phi) is 13.8. The first kappa shape index (κ1) is 31.9. The maximum Gasteiger partial charge on any atom is 0.416 e. The number of ether oxygens (including phenoxy) is 1. The monoisotopic (exact) mass is 546 g/mol. The first-order valence-corrected chi connectivity index (χ1v) is 14.8. The predicted octanol–water partition coefficient (Wildman–Crippen LogP) is 6.05. The molecule has 5 nitrogen and oxygen atoms in total. The molecule has 0 bridgehead atoms. The Morgan fingerprint density at radius 1 is 1.14 bits per heavy atom. The van der Waals surface area contributed by atoms with Crippen LogP contribution in [0.25, 0.3) is 0 Å².